The van der Waals surface area contributed by atoms with Crippen molar-refractivity contribution in [2.75, 3.05) is 0 Å². The quantitative estimate of drug-likeness (QED) is 0.874. The highest BCUT2D eigenvalue weighted by molar-refractivity contribution is 6.31. The van der Waals surface area contributed by atoms with Crippen LogP contribution in [-0.4, -0.2) is 0 Å². The molecule has 0 spiro atoms. The van der Waals surface area contributed by atoms with E-state index >= 15 is 0 Å². The van der Waals surface area contributed by atoms with Gasteiger partial charge in [-0.2, -0.15) is 5.26 Å². The van der Waals surface area contributed by atoms with E-state index in [4.69, 9.17) is 26.5 Å². The van der Waals surface area contributed by atoms with Crippen molar-refractivity contribution in [2.45, 2.75) is 12.8 Å². The Labute approximate surface area is 131 Å². The lowest BCUT2D eigenvalue weighted by molar-refractivity contribution is 0.371. The summed E-state index contributed by atoms with van der Waals surface area (Å²) >= 11 is 6.23. The van der Waals surface area contributed by atoms with Gasteiger partial charge in [-0.1, -0.05) is 29.8 Å². The normalized spacial score (nSPS) is 16.7. The minimum atomic E-state index is -0.709. The molecular formula is C16H11ClN2O3. The first-order chi connectivity index (χ1) is 10.5. The largest absolute Gasteiger partial charge is 0.440 e. The Morgan fingerprint density at radius 3 is 2.77 bits per heavy atom. The lowest BCUT2D eigenvalue weighted by Gasteiger charge is -2.25. The number of halogens is 1. The molecule has 0 bridgehead atoms. The van der Waals surface area contributed by atoms with Crippen molar-refractivity contribution in [1.29, 1.82) is 5.26 Å². The molecule has 0 amide bonds. The number of hydrogen-bond donors (Lipinski definition) is 1. The Morgan fingerprint density at radius 1 is 1.36 bits per heavy atom. The van der Waals surface area contributed by atoms with Crippen molar-refractivity contribution in [3.05, 3.63) is 74.1 Å². The molecule has 0 aliphatic carbocycles. The number of nitrogens with zero attached hydrogens (tertiary/aromatic N) is 1. The van der Waals surface area contributed by atoms with Crippen molar-refractivity contribution in [3.63, 3.8) is 0 Å². The molecule has 1 aromatic carbocycles. The molecule has 2 heterocycles. The number of ether oxygens (including phenoxy) is 1. The first kappa shape index (κ1) is 14.2. The molecular weight excluding hydrogens is 304 g/mol. The maximum absolute atomic E-state index is 12.3. The Bertz CT molecular complexity index is 893. The predicted octanol–water partition coefficient (Wildman–Crippen LogP) is 2.82. The van der Waals surface area contributed by atoms with Gasteiger partial charge in [0.1, 0.15) is 23.2 Å². The summed E-state index contributed by atoms with van der Waals surface area (Å²) in [5, 5.41) is 9.84. The van der Waals surface area contributed by atoms with Gasteiger partial charge in [-0.15, -0.1) is 0 Å². The maximum atomic E-state index is 12.3. The molecule has 22 heavy (non-hydrogen) atoms. The van der Waals surface area contributed by atoms with Gasteiger partial charge in [0.15, 0.2) is 0 Å². The van der Waals surface area contributed by atoms with Crippen LogP contribution in [-0.2, 0) is 0 Å². The Hall–Kier alpha value is -2.71. The Balaban J connectivity index is 2.35. The van der Waals surface area contributed by atoms with E-state index in [-0.39, 0.29) is 22.8 Å². The van der Waals surface area contributed by atoms with Crippen LogP contribution in [0.5, 0.6) is 5.75 Å². The molecule has 6 heteroatoms. The van der Waals surface area contributed by atoms with Crippen LogP contribution in [0, 0.1) is 18.3 Å². The van der Waals surface area contributed by atoms with Crippen molar-refractivity contribution in [1.82, 2.24) is 0 Å². The summed E-state index contributed by atoms with van der Waals surface area (Å²) in [4.78, 5) is 12.3. The van der Waals surface area contributed by atoms with Crippen LogP contribution in [0.15, 0.2) is 51.0 Å². The first-order valence-corrected chi connectivity index (χ1v) is 6.87. The van der Waals surface area contributed by atoms with Crippen LogP contribution < -0.4 is 16.1 Å². The Morgan fingerprint density at radius 2 is 2.09 bits per heavy atom. The molecule has 2 aromatic rings. The second-order valence-corrected chi connectivity index (χ2v) is 5.28. The van der Waals surface area contributed by atoms with Crippen LogP contribution in [0.2, 0.25) is 5.02 Å². The highest BCUT2D eigenvalue weighted by Crippen LogP contribution is 2.42. The lowest BCUT2D eigenvalue weighted by Crippen LogP contribution is -2.26. The number of nitrogens with two attached hydrogens (primary N) is 1. The first-order valence-electron chi connectivity index (χ1n) is 6.49. The van der Waals surface area contributed by atoms with Gasteiger partial charge in [0.25, 0.3) is 0 Å². The number of hydrogen-bond acceptors (Lipinski definition) is 5. The fourth-order valence-corrected chi connectivity index (χ4v) is 2.78. The zero-order chi connectivity index (χ0) is 15.9. The summed E-state index contributed by atoms with van der Waals surface area (Å²) in [5.41, 5.74) is 6.24. The van der Waals surface area contributed by atoms with E-state index < -0.39 is 11.5 Å². The van der Waals surface area contributed by atoms with E-state index in [1.165, 1.54) is 0 Å². The predicted molar refractivity (Wildman–Crippen MR) is 80.5 cm³/mol. The number of allylic oxidation sites excluding steroid dienone is 1. The monoisotopic (exact) mass is 314 g/mol. The lowest BCUT2D eigenvalue weighted by atomic mass is 9.84. The van der Waals surface area contributed by atoms with Crippen LogP contribution in [0.1, 0.15) is 22.8 Å². The summed E-state index contributed by atoms with van der Waals surface area (Å²) in [5.74, 6) is -0.0609. The smallest absolute Gasteiger partial charge is 0.343 e. The van der Waals surface area contributed by atoms with Gasteiger partial charge in [0.2, 0.25) is 5.88 Å². The van der Waals surface area contributed by atoms with Crippen LogP contribution >= 0.6 is 11.6 Å². The minimum Gasteiger partial charge on any atom is -0.440 e. The molecule has 5 nitrogen and oxygen atoms in total. The van der Waals surface area contributed by atoms with Gasteiger partial charge in [0, 0.05) is 11.1 Å². The van der Waals surface area contributed by atoms with Crippen molar-refractivity contribution in [3.8, 4) is 11.8 Å². The van der Waals surface area contributed by atoms with Gasteiger partial charge >= 0.3 is 5.63 Å². The summed E-state index contributed by atoms with van der Waals surface area (Å²) in [6.07, 6.45) is 0. The molecule has 3 rings (SSSR count). The molecule has 110 valence electrons. The SMILES string of the molecule is Cc1cc2c(c(=O)o1)[C@@H](c1ccccc1Cl)C(C#N)=C(N)O2. The molecule has 0 saturated carbocycles. The van der Waals surface area contributed by atoms with E-state index in [0.717, 1.165) is 0 Å². The van der Waals surface area contributed by atoms with Gasteiger partial charge in [0.05, 0.1) is 11.5 Å². The maximum Gasteiger partial charge on any atom is 0.343 e. The standard InChI is InChI=1S/C16H11ClN2O3/c1-8-6-12-14(16(20)21-8)13(10(7-18)15(19)22-12)9-4-2-3-5-11(9)17/h2-6,13H,19H2,1H3/t13-/m0/s1. The Kier molecular flexibility index (Phi) is 3.39. The topological polar surface area (TPSA) is 89.2 Å². The molecule has 0 saturated heterocycles. The average Bonchev–Trinajstić information content (AvgIpc) is 2.46. The van der Waals surface area contributed by atoms with Crippen LogP contribution in [0.25, 0.3) is 0 Å². The molecule has 1 aliphatic rings. The number of aryl methyl sites for hydroxylation is 1. The van der Waals surface area contributed by atoms with Gasteiger partial charge in [-0.25, -0.2) is 4.79 Å². The molecule has 1 atom stereocenters. The van der Waals surface area contributed by atoms with Crippen molar-refractivity contribution in [2.24, 2.45) is 5.73 Å². The average molecular weight is 315 g/mol. The summed E-state index contributed by atoms with van der Waals surface area (Å²) < 4.78 is 10.6. The zero-order valence-corrected chi connectivity index (χ0v) is 12.3. The highest BCUT2D eigenvalue weighted by Gasteiger charge is 2.35. The van der Waals surface area contributed by atoms with E-state index in [0.29, 0.717) is 16.3 Å². The minimum absolute atomic E-state index is 0.0371. The molecule has 0 unspecified atom stereocenters. The second-order valence-electron chi connectivity index (χ2n) is 4.87. The van der Waals surface area contributed by atoms with E-state index in [1.54, 1.807) is 37.3 Å². The number of nitriles is 1. The zero-order valence-electron chi connectivity index (χ0n) is 11.6. The van der Waals surface area contributed by atoms with Gasteiger partial charge in [-0.05, 0) is 18.6 Å². The molecule has 1 aliphatic heterocycles. The van der Waals surface area contributed by atoms with E-state index in [9.17, 15) is 10.1 Å². The number of rotatable bonds is 1. The van der Waals surface area contributed by atoms with E-state index in [2.05, 4.69) is 0 Å². The number of benzene rings is 1. The number of fused-ring (bicyclic) bond motifs is 1. The second kappa shape index (κ2) is 5.24. The van der Waals surface area contributed by atoms with E-state index in [1.807, 2.05) is 6.07 Å². The third-order valence-electron chi connectivity index (χ3n) is 3.47. The van der Waals surface area contributed by atoms with Gasteiger partial charge < -0.3 is 14.9 Å². The van der Waals surface area contributed by atoms with Crippen LogP contribution in [0.4, 0.5) is 0 Å². The molecule has 0 radical (unpaired) electrons. The molecule has 0 fully saturated rings. The van der Waals surface area contributed by atoms with Crippen molar-refractivity contribution >= 4 is 11.6 Å². The van der Waals surface area contributed by atoms with Gasteiger partial charge in [-0.3, -0.25) is 0 Å². The summed E-state index contributed by atoms with van der Waals surface area (Å²) in [6, 6.07) is 10.5. The molecule has 2 N–H and O–H groups in total. The summed E-state index contributed by atoms with van der Waals surface area (Å²) in [7, 11) is 0. The molecule has 1 aromatic heterocycles. The van der Waals surface area contributed by atoms with Crippen molar-refractivity contribution < 1.29 is 9.15 Å². The summed E-state index contributed by atoms with van der Waals surface area (Å²) in [6.45, 7) is 1.63. The van der Waals surface area contributed by atoms with Crippen LogP contribution in [0.3, 0.4) is 0 Å². The fraction of sp³-hybridized carbons (Fsp3) is 0.125. The highest BCUT2D eigenvalue weighted by atomic mass is 35.5. The third kappa shape index (κ3) is 2.14. The third-order valence-corrected chi connectivity index (χ3v) is 3.82. The fourth-order valence-electron chi connectivity index (χ4n) is 2.54.